The second kappa shape index (κ2) is 6.00. The van der Waals surface area contributed by atoms with Gasteiger partial charge in [-0.3, -0.25) is 0 Å². The molecule has 1 fully saturated rings. The van der Waals surface area contributed by atoms with Crippen LogP contribution in [0.4, 0.5) is 5.69 Å². The Bertz CT molecular complexity index is 416. The van der Waals surface area contributed by atoms with Crippen LogP contribution in [0.25, 0.3) is 0 Å². The van der Waals surface area contributed by atoms with Gasteiger partial charge in [0.15, 0.2) is 0 Å². The molecule has 0 saturated heterocycles. The molecule has 3 nitrogen and oxygen atoms in total. The van der Waals surface area contributed by atoms with Crippen molar-refractivity contribution in [2.75, 3.05) is 5.73 Å². The highest BCUT2D eigenvalue weighted by atomic mass is 35.5. The number of hydrogen-bond donors (Lipinski definition) is 1. The van der Waals surface area contributed by atoms with Gasteiger partial charge < -0.3 is 10.5 Å². The van der Waals surface area contributed by atoms with Gasteiger partial charge in [-0.05, 0) is 36.7 Å². The summed E-state index contributed by atoms with van der Waals surface area (Å²) < 4.78 is 6.09. The SMILES string of the molecule is CC1CCC(C(C)C)C(Oc2cc(N)cc(Cl)n2)C1. The normalized spacial score (nSPS) is 27.5. The van der Waals surface area contributed by atoms with Crippen molar-refractivity contribution in [3.05, 3.63) is 17.3 Å². The Morgan fingerprint density at radius 1 is 1.37 bits per heavy atom. The van der Waals surface area contributed by atoms with E-state index in [0.717, 1.165) is 6.42 Å². The molecule has 4 heteroatoms. The van der Waals surface area contributed by atoms with E-state index in [1.807, 2.05) is 0 Å². The van der Waals surface area contributed by atoms with Crippen LogP contribution < -0.4 is 10.5 Å². The summed E-state index contributed by atoms with van der Waals surface area (Å²) in [6, 6.07) is 3.39. The van der Waals surface area contributed by atoms with E-state index in [-0.39, 0.29) is 6.10 Å². The summed E-state index contributed by atoms with van der Waals surface area (Å²) >= 11 is 5.92. The zero-order chi connectivity index (χ0) is 14.0. The number of aromatic nitrogens is 1. The molecule has 0 bridgehead atoms. The fraction of sp³-hybridized carbons (Fsp3) is 0.667. The van der Waals surface area contributed by atoms with Crippen LogP contribution in [-0.2, 0) is 0 Å². The third kappa shape index (κ3) is 3.75. The van der Waals surface area contributed by atoms with Crippen molar-refractivity contribution in [2.24, 2.45) is 17.8 Å². The molecule has 3 unspecified atom stereocenters. The van der Waals surface area contributed by atoms with Gasteiger partial charge >= 0.3 is 0 Å². The van der Waals surface area contributed by atoms with Crippen molar-refractivity contribution in [3.63, 3.8) is 0 Å². The molecular weight excluding hydrogens is 260 g/mol. The van der Waals surface area contributed by atoms with Crippen molar-refractivity contribution in [3.8, 4) is 5.88 Å². The maximum Gasteiger partial charge on any atom is 0.217 e. The van der Waals surface area contributed by atoms with E-state index in [0.29, 0.717) is 34.5 Å². The van der Waals surface area contributed by atoms with Crippen molar-refractivity contribution in [1.82, 2.24) is 4.98 Å². The number of rotatable bonds is 3. The smallest absolute Gasteiger partial charge is 0.217 e. The van der Waals surface area contributed by atoms with Gasteiger partial charge in [0.05, 0.1) is 0 Å². The molecule has 0 spiro atoms. The van der Waals surface area contributed by atoms with Crippen LogP contribution in [0.5, 0.6) is 5.88 Å². The Labute approximate surface area is 120 Å². The van der Waals surface area contributed by atoms with Crippen molar-refractivity contribution >= 4 is 17.3 Å². The number of anilines is 1. The van der Waals surface area contributed by atoms with E-state index < -0.39 is 0 Å². The Hall–Kier alpha value is -0.960. The average Bonchev–Trinajstić information content (AvgIpc) is 2.26. The quantitative estimate of drug-likeness (QED) is 0.847. The van der Waals surface area contributed by atoms with Gasteiger partial charge in [-0.15, -0.1) is 0 Å². The number of hydrogen-bond acceptors (Lipinski definition) is 3. The summed E-state index contributed by atoms with van der Waals surface area (Å²) in [5.74, 6) is 2.46. The summed E-state index contributed by atoms with van der Waals surface area (Å²) in [6.45, 7) is 6.81. The molecule has 1 aliphatic rings. The number of pyridine rings is 1. The van der Waals surface area contributed by atoms with Crippen molar-refractivity contribution in [1.29, 1.82) is 0 Å². The molecule has 1 aliphatic carbocycles. The number of nitrogens with two attached hydrogens (primary N) is 1. The van der Waals surface area contributed by atoms with Crippen LogP contribution >= 0.6 is 11.6 Å². The molecule has 1 heterocycles. The van der Waals surface area contributed by atoms with Crippen LogP contribution in [0.15, 0.2) is 12.1 Å². The molecule has 0 aliphatic heterocycles. The van der Waals surface area contributed by atoms with Gasteiger partial charge in [0.1, 0.15) is 11.3 Å². The molecule has 1 saturated carbocycles. The van der Waals surface area contributed by atoms with E-state index in [9.17, 15) is 0 Å². The second-order valence-electron chi connectivity index (χ2n) is 6.04. The highest BCUT2D eigenvalue weighted by Crippen LogP contribution is 2.36. The van der Waals surface area contributed by atoms with Gasteiger partial charge in [-0.1, -0.05) is 38.8 Å². The maximum atomic E-state index is 6.09. The van der Waals surface area contributed by atoms with E-state index in [1.165, 1.54) is 12.8 Å². The molecule has 3 atom stereocenters. The second-order valence-corrected chi connectivity index (χ2v) is 6.43. The van der Waals surface area contributed by atoms with Gasteiger partial charge in [0.25, 0.3) is 0 Å². The standard InChI is InChI=1S/C15H23ClN2O/c1-9(2)12-5-4-10(3)6-13(12)19-15-8-11(17)7-14(16)18-15/h7-10,12-13H,4-6H2,1-3H3,(H2,17,18). The Kier molecular flexibility index (Phi) is 4.56. The van der Waals surface area contributed by atoms with E-state index in [1.54, 1.807) is 12.1 Å². The van der Waals surface area contributed by atoms with Gasteiger partial charge in [0.2, 0.25) is 5.88 Å². The number of nitrogen functional groups attached to an aromatic ring is 1. The van der Waals surface area contributed by atoms with Crippen LogP contribution in [0, 0.1) is 17.8 Å². The Morgan fingerprint density at radius 2 is 2.11 bits per heavy atom. The molecule has 0 radical (unpaired) electrons. The summed E-state index contributed by atoms with van der Waals surface area (Å²) in [5.41, 5.74) is 6.38. The topological polar surface area (TPSA) is 48.1 Å². The minimum Gasteiger partial charge on any atom is -0.474 e. The number of nitrogens with zero attached hydrogens (tertiary/aromatic N) is 1. The first-order chi connectivity index (χ1) is 8.95. The molecule has 19 heavy (non-hydrogen) atoms. The van der Waals surface area contributed by atoms with Crippen LogP contribution in [0.2, 0.25) is 5.15 Å². The first kappa shape index (κ1) is 14.4. The molecule has 1 aromatic rings. The molecule has 0 amide bonds. The zero-order valence-corrected chi connectivity index (χ0v) is 12.7. The molecule has 106 valence electrons. The van der Waals surface area contributed by atoms with Crippen LogP contribution in [0.3, 0.4) is 0 Å². The highest BCUT2D eigenvalue weighted by molar-refractivity contribution is 6.29. The summed E-state index contributed by atoms with van der Waals surface area (Å²) in [7, 11) is 0. The Morgan fingerprint density at radius 3 is 2.74 bits per heavy atom. The fourth-order valence-corrected chi connectivity index (χ4v) is 3.17. The largest absolute Gasteiger partial charge is 0.474 e. The van der Waals surface area contributed by atoms with Crippen LogP contribution in [-0.4, -0.2) is 11.1 Å². The lowest BCUT2D eigenvalue weighted by atomic mass is 9.75. The maximum absolute atomic E-state index is 6.09. The van der Waals surface area contributed by atoms with Crippen molar-refractivity contribution < 1.29 is 4.74 Å². The first-order valence-electron chi connectivity index (χ1n) is 7.05. The lowest BCUT2D eigenvalue weighted by molar-refractivity contribution is 0.0427. The molecule has 2 rings (SSSR count). The van der Waals surface area contributed by atoms with Crippen LogP contribution in [0.1, 0.15) is 40.0 Å². The predicted octanol–water partition coefficient (Wildman–Crippen LogP) is 4.16. The van der Waals surface area contributed by atoms with E-state index in [2.05, 4.69) is 25.8 Å². The zero-order valence-electron chi connectivity index (χ0n) is 11.9. The minimum atomic E-state index is 0.217. The minimum absolute atomic E-state index is 0.217. The number of ether oxygens (including phenoxy) is 1. The molecular formula is C15H23ClN2O. The van der Waals surface area contributed by atoms with Gasteiger partial charge in [-0.25, -0.2) is 4.98 Å². The third-order valence-electron chi connectivity index (χ3n) is 4.03. The first-order valence-corrected chi connectivity index (χ1v) is 7.43. The highest BCUT2D eigenvalue weighted by Gasteiger charge is 2.32. The third-order valence-corrected chi connectivity index (χ3v) is 4.22. The van der Waals surface area contributed by atoms with Crippen molar-refractivity contribution in [2.45, 2.75) is 46.1 Å². The summed E-state index contributed by atoms with van der Waals surface area (Å²) in [4.78, 5) is 4.21. The summed E-state index contributed by atoms with van der Waals surface area (Å²) in [5, 5.41) is 0.389. The molecule has 2 N–H and O–H groups in total. The van der Waals surface area contributed by atoms with E-state index >= 15 is 0 Å². The average molecular weight is 283 g/mol. The monoisotopic (exact) mass is 282 g/mol. The predicted molar refractivity (Wildman–Crippen MR) is 79.4 cm³/mol. The fourth-order valence-electron chi connectivity index (χ4n) is 2.96. The van der Waals surface area contributed by atoms with E-state index in [4.69, 9.17) is 22.1 Å². The lowest BCUT2D eigenvalue weighted by Gasteiger charge is -2.37. The van der Waals surface area contributed by atoms with Gasteiger partial charge in [-0.2, -0.15) is 0 Å². The van der Waals surface area contributed by atoms with Gasteiger partial charge in [0, 0.05) is 11.8 Å². The lowest BCUT2D eigenvalue weighted by Crippen LogP contribution is -2.36. The molecule has 0 aromatic carbocycles. The molecule has 1 aromatic heterocycles. The summed E-state index contributed by atoms with van der Waals surface area (Å²) in [6.07, 6.45) is 3.80. The Balaban J connectivity index is 2.13. The number of halogens is 1.